The van der Waals surface area contributed by atoms with Crippen molar-refractivity contribution in [3.05, 3.63) is 47.0 Å². The Morgan fingerprint density at radius 3 is 2.41 bits per heavy atom. The van der Waals surface area contributed by atoms with Gasteiger partial charge in [-0.25, -0.2) is 18.0 Å². The third-order valence-corrected chi connectivity index (χ3v) is 12.1. The molecule has 14 nitrogen and oxygen atoms in total. The predicted octanol–water partition coefficient (Wildman–Crippen LogP) is 4.02. The van der Waals surface area contributed by atoms with E-state index in [0.717, 1.165) is 18.6 Å². The maximum absolute atomic E-state index is 14.3. The van der Waals surface area contributed by atoms with Crippen molar-refractivity contribution < 1.29 is 55.0 Å². The first-order chi connectivity index (χ1) is 25.3. The smallest absolute Gasteiger partial charge is 0.416 e. The highest BCUT2D eigenvalue weighted by Gasteiger charge is 2.62. The number of halogens is 3. The van der Waals surface area contributed by atoms with Crippen LogP contribution in [0.15, 0.2) is 30.4 Å². The van der Waals surface area contributed by atoms with Crippen LogP contribution in [0.4, 0.5) is 22.8 Å². The van der Waals surface area contributed by atoms with Gasteiger partial charge in [0.2, 0.25) is 21.8 Å². The van der Waals surface area contributed by atoms with E-state index in [2.05, 4.69) is 15.4 Å². The number of sulfonamides is 1. The van der Waals surface area contributed by atoms with Crippen LogP contribution in [-0.4, -0.2) is 89.2 Å². The first-order valence-electron chi connectivity index (χ1n) is 18.2. The lowest BCUT2D eigenvalue weighted by Gasteiger charge is -2.30. The molecule has 1 aromatic rings. The lowest BCUT2D eigenvalue weighted by Crippen LogP contribution is -2.58. The van der Waals surface area contributed by atoms with E-state index in [0.29, 0.717) is 43.2 Å². The Balaban J connectivity index is 1.24. The van der Waals surface area contributed by atoms with Crippen LogP contribution < -0.4 is 15.4 Å². The molecule has 3 aliphatic heterocycles. The van der Waals surface area contributed by atoms with Gasteiger partial charge in [0, 0.05) is 25.4 Å². The van der Waals surface area contributed by atoms with E-state index in [1.165, 1.54) is 15.9 Å². The Bertz CT molecular complexity index is 1830. The second-order valence-electron chi connectivity index (χ2n) is 15.8. The number of nitrogens with zero attached hydrogens (tertiary/aromatic N) is 2. The summed E-state index contributed by atoms with van der Waals surface area (Å²) < 4.78 is 78.8. The minimum absolute atomic E-state index is 0.0102. The van der Waals surface area contributed by atoms with E-state index in [1.807, 2.05) is 6.08 Å². The summed E-state index contributed by atoms with van der Waals surface area (Å²) in [5.41, 5.74) is -2.50. The number of allylic oxidation sites excluding steroid dienone is 1. The van der Waals surface area contributed by atoms with Crippen LogP contribution in [0.5, 0.6) is 0 Å². The van der Waals surface area contributed by atoms with Crippen LogP contribution >= 0.6 is 0 Å². The minimum Gasteiger partial charge on any atom is -0.444 e. The Kier molecular flexibility index (Phi) is 10.7. The first kappa shape index (κ1) is 39.3. The molecule has 3 N–H and O–H groups in total. The quantitative estimate of drug-likeness (QED) is 0.372. The Labute approximate surface area is 311 Å². The van der Waals surface area contributed by atoms with E-state index in [1.54, 1.807) is 26.8 Å². The van der Waals surface area contributed by atoms with Crippen LogP contribution in [0.1, 0.15) is 95.2 Å². The van der Waals surface area contributed by atoms with Crippen molar-refractivity contribution in [1.29, 1.82) is 0 Å². The predicted molar refractivity (Wildman–Crippen MR) is 186 cm³/mol. The first-order valence-corrected chi connectivity index (χ1v) is 19.8. The molecule has 6 rings (SSSR count). The van der Waals surface area contributed by atoms with Gasteiger partial charge in [-0.2, -0.15) is 13.2 Å². The number of carbonyl (C=O) groups excluding carboxylic acids is 5. The largest absolute Gasteiger partial charge is 0.444 e. The SMILES string of the molecule is CC(C)(C)OC(=O)N[C@H]1CCCCCC=C[C@@H]2C[C@@]2(C(=O)NS(=O)(=O)C2CC2)NC(=O)[C@@H]2C[C@@H](OC(=O)N3Cc4ccc(C(F)(F)F)cc4C3)CN2C1=O. The number of ether oxygens (including phenoxy) is 2. The summed E-state index contributed by atoms with van der Waals surface area (Å²) >= 11 is 0. The second-order valence-corrected chi connectivity index (χ2v) is 17.8. The van der Waals surface area contributed by atoms with E-state index < -0.39 is 92.2 Å². The monoisotopic (exact) mass is 781 g/mol. The normalized spacial score (nSPS) is 27.7. The Morgan fingerprint density at radius 2 is 1.72 bits per heavy atom. The molecule has 1 aromatic carbocycles. The van der Waals surface area contributed by atoms with Gasteiger partial charge in [-0.3, -0.25) is 24.0 Å². The topological polar surface area (TPSA) is 181 Å². The molecular weight excluding hydrogens is 735 g/mol. The van der Waals surface area contributed by atoms with Crippen molar-refractivity contribution in [2.24, 2.45) is 5.92 Å². The highest BCUT2D eigenvalue weighted by Crippen LogP contribution is 2.46. The van der Waals surface area contributed by atoms with Gasteiger partial charge < -0.3 is 25.0 Å². The number of alkyl carbamates (subject to hydrolysis) is 1. The maximum Gasteiger partial charge on any atom is 0.416 e. The molecular formula is C36H46F3N5O9S. The summed E-state index contributed by atoms with van der Waals surface area (Å²) in [5, 5.41) is 4.68. The highest BCUT2D eigenvalue weighted by atomic mass is 32.2. The van der Waals surface area contributed by atoms with Crippen molar-refractivity contribution >= 4 is 39.9 Å². The van der Waals surface area contributed by atoms with E-state index in [-0.39, 0.29) is 38.9 Å². The average Bonchev–Trinajstić information content (AvgIpc) is 3.95. The van der Waals surface area contributed by atoms with Crippen molar-refractivity contribution in [3.63, 3.8) is 0 Å². The zero-order valence-electron chi connectivity index (χ0n) is 30.4. The molecule has 296 valence electrons. The Hall–Kier alpha value is -4.35. The van der Waals surface area contributed by atoms with E-state index in [9.17, 15) is 45.6 Å². The van der Waals surface area contributed by atoms with Gasteiger partial charge in [-0.05, 0) is 82.6 Å². The molecule has 54 heavy (non-hydrogen) atoms. The third-order valence-electron chi connectivity index (χ3n) is 10.3. The number of hydrogen-bond acceptors (Lipinski definition) is 9. The van der Waals surface area contributed by atoms with E-state index in [4.69, 9.17) is 9.47 Å². The molecule has 0 radical (unpaired) electrons. The van der Waals surface area contributed by atoms with Crippen LogP contribution in [0.25, 0.3) is 0 Å². The van der Waals surface area contributed by atoms with Crippen LogP contribution in [0, 0.1) is 5.92 Å². The van der Waals surface area contributed by atoms with Gasteiger partial charge in [-0.1, -0.05) is 31.1 Å². The van der Waals surface area contributed by atoms with Crippen LogP contribution in [0.3, 0.4) is 0 Å². The standard InChI is InChI=1S/C36H46F3N5O9S/c1-34(2,3)53-32(48)40-27-10-8-6-4-5-7-9-24-17-35(24,31(47)42-54(50,51)26-13-14-26)41-29(45)28-16-25(20-44(28)30(27)46)52-33(49)43-18-21-11-12-23(36(37,38)39)15-22(21)19-43/h7,9,11-12,15,24-28H,4-6,8,10,13-14,16-20H2,1-3H3,(H,40,48)(H,41,45)(H,42,47)/t24-,25-,27+,28+,35-/m1/s1. The summed E-state index contributed by atoms with van der Waals surface area (Å²) in [6.07, 6.45) is -0.145. The van der Waals surface area contributed by atoms with Gasteiger partial charge >= 0.3 is 18.4 Å². The van der Waals surface area contributed by atoms with Gasteiger partial charge in [-0.15, -0.1) is 0 Å². The summed E-state index contributed by atoms with van der Waals surface area (Å²) in [6.45, 7) is 4.57. The highest BCUT2D eigenvalue weighted by molar-refractivity contribution is 7.91. The van der Waals surface area contributed by atoms with Crippen molar-refractivity contribution in [1.82, 2.24) is 25.2 Å². The maximum atomic E-state index is 14.3. The number of alkyl halides is 3. The number of benzene rings is 1. The van der Waals surface area contributed by atoms with Crippen LogP contribution in [-0.2, 0) is 53.1 Å². The van der Waals surface area contributed by atoms with Gasteiger partial charge in [0.15, 0.2) is 0 Å². The lowest BCUT2D eigenvalue weighted by molar-refractivity contribution is -0.141. The molecule has 2 saturated carbocycles. The number of hydrogen-bond donors (Lipinski definition) is 3. The number of nitrogens with one attached hydrogen (secondary N) is 3. The third kappa shape index (κ3) is 8.95. The van der Waals surface area contributed by atoms with Gasteiger partial charge in [0.25, 0.3) is 5.91 Å². The number of rotatable bonds is 5. The summed E-state index contributed by atoms with van der Waals surface area (Å²) in [4.78, 5) is 70.8. The lowest BCUT2D eigenvalue weighted by atomic mass is 10.0. The Morgan fingerprint density at radius 1 is 1.00 bits per heavy atom. The molecule has 3 fully saturated rings. The zero-order valence-corrected chi connectivity index (χ0v) is 31.2. The molecule has 5 amide bonds. The summed E-state index contributed by atoms with van der Waals surface area (Å²) in [7, 11) is -3.96. The fraction of sp³-hybridized carbons (Fsp3) is 0.639. The van der Waals surface area contributed by atoms with Crippen molar-refractivity contribution in [3.8, 4) is 0 Å². The number of amides is 5. The molecule has 0 spiro atoms. The molecule has 5 aliphatic rings. The molecule has 1 saturated heterocycles. The second kappa shape index (κ2) is 14.7. The van der Waals surface area contributed by atoms with Crippen LogP contribution in [0.2, 0.25) is 0 Å². The molecule has 5 atom stereocenters. The minimum atomic E-state index is -4.56. The summed E-state index contributed by atoms with van der Waals surface area (Å²) in [6, 6.07) is 0.800. The van der Waals surface area contributed by atoms with Gasteiger partial charge in [0.1, 0.15) is 29.3 Å². The fourth-order valence-electron chi connectivity index (χ4n) is 7.21. The van der Waals surface area contributed by atoms with Crippen molar-refractivity contribution in [2.75, 3.05) is 6.54 Å². The molecule has 0 unspecified atom stereocenters. The molecule has 0 bridgehead atoms. The van der Waals surface area contributed by atoms with Crippen molar-refractivity contribution in [2.45, 2.75) is 132 Å². The number of carbonyl (C=O) groups is 5. The molecule has 0 aromatic heterocycles. The fourth-order valence-corrected chi connectivity index (χ4v) is 8.58. The zero-order chi connectivity index (χ0) is 39.2. The number of fused-ring (bicyclic) bond motifs is 3. The average molecular weight is 782 g/mol. The van der Waals surface area contributed by atoms with E-state index >= 15 is 0 Å². The van der Waals surface area contributed by atoms with Gasteiger partial charge in [0.05, 0.1) is 17.4 Å². The molecule has 2 aliphatic carbocycles. The summed E-state index contributed by atoms with van der Waals surface area (Å²) in [5.74, 6) is -2.83. The molecule has 3 heterocycles. The molecule has 18 heteroatoms.